The summed E-state index contributed by atoms with van der Waals surface area (Å²) in [5, 5.41) is 12.3. The van der Waals surface area contributed by atoms with Crippen LogP contribution in [0, 0.1) is 24.6 Å². The number of imidazole rings is 1. The fourth-order valence-electron chi connectivity index (χ4n) is 5.56. The van der Waals surface area contributed by atoms with Gasteiger partial charge in [0, 0.05) is 72.3 Å². The van der Waals surface area contributed by atoms with Crippen molar-refractivity contribution in [1.82, 2.24) is 28.8 Å². The van der Waals surface area contributed by atoms with Crippen LogP contribution in [0.5, 0.6) is 0 Å². The number of aromatic amines is 1. The van der Waals surface area contributed by atoms with Crippen LogP contribution in [0.25, 0.3) is 5.65 Å². The number of carbonyl (C=O) groups is 1. The Morgan fingerprint density at radius 2 is 1.86 bits per heavy atom. The van der Waals surface area contributed by atoms with E-state index in [0.717, 1.165) is 23.5 Å². The largest absolute Gasteiger partial charge is 0.416 e. The van der Waals surface area contributed by atoms with Gasteiger partial charge in [0.15, 0.2) is 5.65 Å². The third-order valence-electron chi connectivity index (χ3n) is 8.14. The molecule has 5 aromatic rings. The highest BCUT2D eigenvalue weighted by Crippen LogP contribution is 2.35. The Labute approximate surface area is 280 Å². The van der Waals surface area contributed by atoms with Crippen molar-refractivity contribution < 1.29 is 26.6 Å². The summed E-state index contributed by atoms with van der Waals surface area (Å²) >= 11 is 0. The molecule has 4 heterocycles. The van der Waals surface area contributed by atoms with Gasteiger partial charge in [0.1, 0.15) is 11.5 Å². The van der Waals surface area contributed by atoms with Crippen molar-refractivity contribution in [3.8, 4) is 11.8 Å². The molecule has 1 fully saturated rings. The molecule has 0 aliphatic carbocycles. The fourth-order valence-corrected chi connectivity index (χ4v) is 6.49. The fraction of sp³-hybridized carbons (Fsp3) is 0.235. The zero-order valence-corrected chi connectivity index (χ0v) is 27.4. The molecule has 2 aromatic carbocycles. The van der Waals surface area contributed by atoms with E-state index >= 15 is 4.39 Å². The minimum atomic E-state index is -4.70. The number of piperazine rings is 1. The van der Waals surface area contributed by atoms with Gasteiger partial charge in [-0.05, 0) is 66.2 Å². The number of anilines is 3. The lowest BCUT2D eigenvalue weighted by Crippen LogP contribution is -2.47. The maximum absolute atomic E-state index is 15.1. The number of amides is 1. The maximum atomic E-state index is 15.1. The number of pyridine rings is 1. The van der Waals surface area contributed by atoms with Crippen molar-refractivity contribution in [2.45, 2.75) is 19.6 Å². The Morgan fingerprint density at radius 3 is 2.55 bits per heavy atom. The van der Waals surface area contributed by atoms with Crippen LogP contribution in [0.4, 0.5) is 34.6 Å². The van der Waals surface area contributed by atoms with Gasteiger partial charge in [-0.15, -0.1) is 0 Å². The summed E-state index contributed by atoms with van der Waals surface area (Å²) in [6, 6.07) is 9.64. The van der Waals surface area contributed by atoms with E-state index in [1.54, 1.807) is 40.4 Å². The normalized spacial score (nSPS) is 15.4. The molecule has 0 saturated carbocycles. The number of nitrogens with one attached hydrogen (secondary N) is 3. The summed E-state index contributed by atoms with van der Waals surface area (Å²) in [7, 11) is -2.39. The van der Waals surface area contributed by atoms with Crippen molar-refractivity contribution in [3.05, 3.63) is 107 Å². The predicted molar refractivity (Wildman–Crippen MR) is 182 cm³/mol. The second kappa shape index (κ2) is 13.4. The van der Waals surface area contributed by atoms with Gasteiger partial charge < -0.3 is 10.6 Å². The molecule has 254 valence electrons. The molecule has 1 aliphatic rings. The number of H-pyrrole nitrogens is 1. The standard InChI is InChI=1S/C34H32F4N8O2S/c1-22-15-30(35)28(16-23(22)7-9-27-20-39-32-31(5-4-10-46(27)32)42-26-18-40-41-19-26)33(47)43-25-8-6-24(29(17-25)34(36,37)38)21-44-11-13-45(14-12-44)49(2,3)48/h4-6,8,10,15-20,42H,2,11-14,21H2,1,3H3,(H,40,41)(H,43,47). The van der Waals surface area contributed by atoms with Crippen LogP contribution in [0.1, 0.15) is 38.3 Å². The van der Waals surface area contributed by atoms with E-state index in [1.165, 1.54) is 24.5 Å². The molecule has 3 aromatic heterocycles. The summed E-state index contributed by atoms with van der Waals surface area (Å²) in [5.74, 6) is 7.92. The number of fused-ring (bicyclic) bond motifs is 1. The molecule has 1 aliphatic heterocycles. The minimum Gasteiger partial charge on any atom is -0.350 e. The predicted octanol–water partition coefficient (Wildman–Crippen LogP) is 5.30. The van der Waals surface area contributed by atoms with E-state index < -0.39 is 33.2 Å². The number of rotatable bonds is 7. The Hall–Kier alpha value is -5.17. The van der Waals surface area contributed by atoms with Crippen molar-refractivity contribution in [2.24, 2.45) is 0 Å². The molecule has 1 unspecified atom stereocenters. The smallest absolute Gasteiger partial charge is 0.350 e. The summed E-state index contributed by atoms with van der Waals surface area (Å²) in [6.07, 6.45) is 3.54. The van der Waals surface area contributed by atoms with Crippen molar-refractivity contribution >= 4 is 44.2 Å². The van der Waals surface area contributed by atoms with Crippen LogP contribution in [-0.2, 0) is 22.4 Å². The Bertz CT molecular complexity index is 2190. The molecule has 15 heteroatoms. The van der Waals surface area contributed by atoms with Crippen LogP contribution < -0.4 is 10.6 Å². The van der Waals surface area contributed by atoms with E-state index in [4.69, 9.17) is 0 Å². The highest BCUT2D eigenvalue weighted by atomic mass is 32.2. The zero-order valence-electron chi connectivity index (χ0n) is 26.6. The first-order valence-corrected chi connectivity index (χ1v) is 17.2. The molecular weight excluding hydrogens is 660 g/mol. The molecule has 6 rings (SSSR count). The van der Waals surface area contributed by atoms with Gasteiger partial charge >= 0.3 is 6.18 Å². The van der Waals surface area contributed by atoms with E-state index in [2.05, 4.69) is 43.5 Å². The molecular formula is C34H32F4N8O2S. The average Bonchev–Trinajstić information content (AvgIpc) is 3.71. The van der Waals surface area contributed by atoms with Gasteiger partial charge in [0.25, 0.3) is 5.91 Å². The molecule has 1 amide bonds. The first kappa shape index (κ1) is 33.7. The quantitative estimate of drug-likeness (QED) is 0.121. The van der Waals surface area contributed by atoms with Crippen LogP contribution in [0.3, 0.4) is 0 Å². The van der Waals surface area contributed by atoms with Crippen molar-refractivity contribution in [3.63, 3.8) is 0 Å². The molecule has 0 spiro atoms. The van der Waals surface area contributed by atoms with Crippen LogP contribution in [-0.4, -0.2) is 77.2 Å². The van der Waals surface area contributed by atoms with E-state index in [-0.39, 0.29) is 23.4 Å². The molecule has 49 heavy (non-hydrogen) atoms. The van der Waals surface area contributed by atoms with Gasteiger partial charge in [0.2, 0.25) is 0 Å². The molecule has 3 N–H and O–H groups in total. The second-order valence-corrected chi connectivity index (χ2v) is 14.2. The van der Waals surface area contributed by atoms with Crippen molar-refractivity contribution in [2.75, 3.05) is 43.1 Å². The summed E-state index contributed by atoms with van der Waals surface area (Å²) < 4.78 is 73.2. The average molecular weight is 693 g/mol. The van der Waals surface area contributed by atoms with Crippen LogP contribution in [0.2, 0.25) is 0 Å². The number of alkyl halides is 3. The summed E-state index contributed by atoms with van der Waals surface area (Å²) in [4.78, 5) is 19.5. The lowest BCUT2D eigenvalue weighted by Gasteiger charge is -2.35. The first-order chi connectivity index (χ1) is 23.3. The Balaban J connectivity index is 1.21. The summed E-state index contributed by atoms with van der Waals surface area (Å²) in [6.45, 7) is 3.36. The number of aromatic nitrogens is 4. The SMILES string of the molecule is C=S(C)(=O)N1CCN(Cc2ccc(NC(=O)c3cc(C#Cc4cnc5c(Nc6cn[nH]c6)cccn45)c(C)cc3F)cc2C(F)(F)F)CC1. The molecule has 1 atom stereocenters. The topological polar surface area (TPSA) is 111 Å². The molecule has 10 nitrogen and oxygen atoms in total. The van der Waals surface area contributed by atoms with E-state index in [9.17, 15) is 22.2 Å². The third-order valence-corrected chi connectivity index (χ3v) is 9.60. The number of carbonyl (C=O) groups excluding carboxylic acids is 1. The van der Waals surface area contributed by atoms with Gasteiger partial charge in [-0.3, -0.25) is 23.4 Å². The van der Waals surface area contributed by atoms with Gasteiger partial charge in [-0.25, -0.2) is 13.7 Å². The monoisotopic (exact) mass is 692 g/mol. The van der Waals surface area contributed by atoms with Gasteiger partial charge in [0.05, 0.1) is 34.9 Å². The number of aryl methyl sites for hydroxylation is 1. The zero-order chi connectivity index (χ0) is 34.9. The third kappa shape index (κ3) is 7.62. The number of halogens is 4. The van der Waals surface area contributed by atoms with Crippen LogP contribution >= 0.6 is 0 Å². The van der Waals surface area contributed by atoms with E-state index in [1.807, 2.05) is 17.0 Å². The molecule has 0 radical (unpaired) electrons. The Morgan fingerprint density at radius 1 is 1.08 bits per heavy atom. The van der Waals surface area contributed by atoms with E-state index in [0.29, 0.717) is 48.6 Å². The minimum absolute atomic E-state index is 0.0161. The number of benzene rings is 2. The van der Waals surface area contributed by atoms with Crippen LogP contribution in [0.15, 0.2) is 67.3 Å². The Kier molecular flexibility index (Phi) is 9.21. The first-order valence-electron chi connectivity index (χ1n) is 15.1. The molecule has 0 bridgehead atoms. The highest BCUT2D eigenvalue weighted by Gasteiger charge is 2.34. The maximum Gasteiger partial charge on any atom is 0.416 e. The number of nitrogens with zero attached hydrogens (tertiary/aromatic N) is 5. The lowest BCUT2D eigenvalue weighted by atomic mass is 10.0. The van der Waals surface area contributed by atoms with Crippen molar-refractivity contribution in [1.29, 1.82) is 0 Å². The summed E-state index contributed by atoms with van der Waals surface area (Å²) in [5.41, 5.74) is 2.07. The number of hydrogen-bond acceptors (Lipinski definition) is 6. The lowest BCUT2D eigenvalue weighted by molar-refractivity contribution is -0.138. The molecule has 1 saturated heterocycles. The second-order valence-electron chi connectivity index (χ2n) is 11.8. The highest BCUT2D eigenvalue weighted by molar-refractivity contribution is 7.97. The number of hydrogen-bond donors (Lipinski definition) is 3. The van der Waals surface area contributed by atoms with Gasteiger partial charge in [-0.1, -0.05) is 12.0 Å². The van der Waals surface area contributed by atoms with Gasteiger partial charge in [-0.2, -0.15) is 18.3 Å².